The highest BCUT2D eigenvalue weighted by atomic mass is 32.2. The molecule has 0 aliphatic carbocycles. The van der Waals surface area contributed by atoms with E-state index < -0.39 is 6.09 Å². The van der Waals surface area contributed by atoms with Gasteiger partial charge in [-0.1, -0.05) is 30.8 Å². The van der Waals surface area contributed by atoms with E-state index in [4.69, 9.17) is 4.74 Å². The smallest absolute Gasteiger partial charge is 0.391 e. The summed E-state index contributed by atoms with van der Waals surface area (Å²) in [5, 5.41) is 10.4. The number of rotatable bonds is 8. The number of benzene rings is 1. The Morgan fingerprint density at radius 2 is 1.79 bits per heavy atom. The van der Waals surface area contributed by atoms with Crippen LogP contribution in [0.2, 0.25) is 0 Å². The summed E-state index contributed by atoms with van der Waals surface area (Å²) in [5.41, 5.74) is 2.34. The summed E-state index contributed by atoms with van der Waals surface area (Å²) in [7, 11) is 0. The number of hydrogen-bond acceptors (Lipinski definition) is 8. The highest BCUT2D eigenvalue weighted by Crippen LogP contribution is 2.25. The second-order valence-electron chi connectivity index (χ2n) is 10.4. The van der Waals surface area contributed by atoms with Crippen LogP contribution in [-0.4, -0.2) is 73.9 Å². The minimum Gasteiger partial charge on any atom is -0.391 e. The van der Waals surface area contributed by atoms with Crippen LogP contribution in [0.15, 0.2) is 54.1 Å². The third-order valence-corrected chi connectivity index (χ3v) is 8.49. The van der Waals surface area contributed by atoms with Crippen LogP contribution in [0.25, 0.3) is 0 Å². The van der Waals surface area contributed by atoms with E-state index in [0.29, 0.717) is 30.3 Å². The van der Waals surface area contributed by atoms with Crippen molar-refractivity contribution in [1.82, 2.24) is 30.0 Å². The van der Waals surface area contributed by atoms with Crippen LogP contribution < -0.4 is 10.1 Å². The minimum atomic E-state index is -0.404. The van der Waals surface area contributed by atoms with Crippen molar-refractivity contribution in [3.05, 3.63) is 60.0 Å². The van der Waals surface area contributed by atoms with Crippen LogP contribution in [0.5, 0.6) is 5.88 Å². The van der Waals surface area contributed by atoms with Crippen LogP contribution in [0, 0.1) is 11.8 Å². The van der Waals surface area contributed by atoms with Crippen LogP contribution in [0.1, 0.15) is 48.5 Å². The summed E-state index contributed by atoms with van der Waals surface area (Å²) < 4.78 is 5.46. The lowest BCUT2D eigenvalue weighted by Gasteiger charge is -2.30. The van der Waals surface area contributed by atoms with Gasteiger partial charge < -0.3 is 15.0 Å². The molecule has 2 N–H and O–H groups in total. The highest BCUT2D eigenvalue weighted by Gasteiger charge is 2.25. The fourth-order valence-electron chi connectivity index (χ4n) is 4.85. The highest BCUT2D eigenvalue weighted by molar-refractivity contribution is 7.99. The summed E-state index contributed by atoms with van der Waals surface area (Å²) in [5.74, 6) is 2.25. The van der Waals surface area contributed by atoms with Crippen molar-refractivity contribution in [1.29, 1.82) is 0 Å². The number of pyridine rings is 1. The van der Waals surface area contributed by atoms with Crippen molar-refractivity contribution in [2.75, 3.05) is 37.2 Å². The molecule has 0 saturated carbocycles. The van der Waals surface area contributed by atoms with Crippen LogP contribution in [-0.2, 0) is 6.54 Å². The zero-order valence-electron chi connectivity index (χ0n) is 22.2. The van der Waals surface area contributed by atoms with E-state index in [9.17, 15) is 9.59 Å². The van der Waals surface area contributed by atoms with E-state index in [-0.39, 0.29) is 11.8 Å². The molecule has 0 bridgehead atoms. The quantitative estimate of drug-likeness (QED) is 0.389. The number of ether oxygens (including phenoxy) is 1. The number of nitrogens with zero attached hydrogens (tertiary/aromatic N) is 5. The zero-order chi connectivity index (χ0) is 27.0. The summed E-state index contributed by atoms with van der Waals surface area (Å²) in [6, 6.07) is 11.0. The van der Waals surface area contributed by atoms with Gasteiger partial charge in [0.1, 0.15) is 6.33 Å². The first kappa shape index (κ1) is 27.1. The van der Waals surface area contributed by atoms with Crippen molar-refractivity contribution in [3.8, 4) is 5.88 Å². The average molecular weight is 550 g/mol. The van der Waals surface area contributed by atoms with Gasteiger partial charge >= 0.3 is 6.09 Å². The van der Waals surface area contributed by atoms with E-state index in [1.54, 1.807) is 35.1 Å². The van der Waals surface area contributed by atoms with Crippen molar-refractivity contribution in [2.24, 2.45) is 11.8 Å². The fourth-order valence-corrected chi connectivity index (χ4v) is 5.82. The molecular formula is C28H35N7O3S. The Bertz CT molecular complexity index is 1200. The molecular weight excluding hydrogens is 514 g/mol. The topological polar surface area (TPSA) is 116 Å². The number of aromatic nitrogens is 4. The first-order chi connectivity index (χ1) is 19.0. The molecule has 1 aromatic carbocycles. The standard InChI is InChI=1S/C28H35N7O3S/c1-20-8-12-34(13-9-20)17-21-2-4-23(5-3-21)26(36)32-24-6-7-25(29-16-24)38-28(37)35-14-10-22(11-15-35)18-39-27-30-19-31-33-27/h2-7,16,19-20,22H,8-15,17-18H2,1H3,(H,32,36)(H,30,31,33). The maximum Gasteiger partial charge on any atom is 0.416 e. The number of H-pyrrole nitrogens is 1. The van der Waals surface area contributed by atoms with Gasteiger partial charge in [-0.25, -0.2) is 14.8 Å². The molecule has 2 aliphatic heterocycles. The Kier molecular flexibility index (Phi) is 9.10. The molecule has 0 spiro atoms. The van der Waals surface area contributed by atoms with E-state index in [2.05, 4.69) is 37.3 Å². The van der Waals surface area contributed by atoms with Gasteiger partial charge in [-0.3, -0.25) is 14.8 Å². The SMILES string of the molecule is CC1CCN(Cc2ccc(C(=O)Nc3ccc(OC(=O)N4CCC(CSc5nc[nH]n5)CC4)nc3)cc2)CC1. The molecule has 2 fully saturated rings. The lowest BCUT2D eigenvalue weighted by Crippen LogP contribution is -2.40. The molecule has 2 saturated heterocycles. The molecule has 2 aromatic heterocycles. The number of hydrogen-bond donors (Lipinski definition) is 2. The van der Waals surface area contributed by atoms with Gasteiger partial charge in [-0.05, 0) is 74.4 Å². The molecule has 5 rings (SSSR count). The molecule has 0 unspecified atom stereocenters. The van der Waals surface area contributed by atoms with Crippen molar-refractivity contribution in [2.45, 2.75) is 44.3 Å². The zero-order valence-corrected chi connectivity index (χ0v) is 23.0. The van der Waals surface area contributed by atoms with E-state index >= 15 is 0 Å². The summed E-state index contributed by atoms with van der Waals surface area (Å²) in [4.78, 5) is 37.8. The molecule has 11 heteroatoms. The van der Waals surface area contributed by atoms with Gasteiger partial charge in [0, 0.05) is 37.0 Å². The average Bonchev–Trinajstić information content (AvgIpc) is 3.49. The van der Waals surface area contributed by atoms with Crippen LogP contribution in [0.3, 0.4) is 0 Å². The Hall–Kier alpha value is -3.44. The number of carbonyl (C=O) groups excluding carboxylic acids is 2. The number of aromatic amines is 1. The fraction of sp³-hybridized carbons (Fsp3) is 0.464. The maximum atomic E-state index is 12.7. The predicted octanol–water partition coefficient (Wildman–Crippen LogP) is 4.69. The lowest BCUT2D eigenvalue weighted by molar-refractivity contribution is 0.102. The lowest BCUT2D eigenvalue weighted by atomic mass is 9.99. The van der Waals surface area contributed by atoms with Crippen molar-refractivity contribution >= 4 is 29.4 Å². The number of nitrogens with one attached hydrogen (secondary N) is 2. The summed E-state index contributed by atoms with van der Waals surface area (Å²) >= 11 is 1.63. The molecule has 39 heavy (non-hydrogen) atoms. The van der Waals surface area contributed by atoms with Gasteiger partial charge in [-0.15, -0.1) is 5.10 Å². The van der Waals surface area contributed by atoms with Gasteiger partial charge in [-0.2, -0.15) is 0 Å². The Morgan fingerprint density at radius 1 is 1.03 bits per heavy atom. The van der Waals surface area contributed by atoms with Crippen LogP contribution >= 0.6 is 11.8 Å². The Morgan fingerprint density at radius 3 is 2.46 bits per heavy atom. The first-order valence-corrected chi connectivity index (χ1v) is 14.5. The van der Waals surface area contributed by atoms with Crippen molar-refractivity contribution < 1.29 is 14.3 Å². The van der Waals surface area contributed by atoms with Gasteiger partial charge in [0.25, 0.3) is 5.91 Å². The van der Waals surface area contributed by atoms with Gasteiger partial charge in [0.2, 0.25) is 11.0 Å². The van der Waals surface area contributed by atoms with E-state index in [0.717, 1.165) is 49.3 Å². The minimum absolute atomic E-state index is 0.205. The molecule has 0 radical (unpaired) electrons. The van der Waals surface area contributed by atoms with Gasteiger partial charge in [0.15, 0.2) is 0 Å². The summed E-state index contributed by atoms with van der Waals surface area (Å²) in [6.07, 6.45) is 6.97. The second-order valence-corrected chi connectivity index (χ2v) is 11.4. The third kappa shape index (κ3) is 7.79. The number of thioether (sulfide) groups is 1. The largest absolute Gasteiger partial charge is 0.416 e. The molecule has 0 atom stereocenters. The maximum absolute atomic E-state index is 12.7. The number of piperidine rings is 2. The molecule has 2 amide bonds. The molecule has 3 aromatic rings. The molecule has 10 nitrogen and oxygen atoms in total. The summed E-state index contributed by atoms with van der Waals surface area (Å²) in [6.45, 7) is 6.77. The molecule has 2 aliphatic rings. The molecule has 206 valence electrons. The number of anilines is 1. The van der Waals surface area contributed by atoms with E-state index in [1.165, 1.54) is 24.6 Å². The second kappa shape index (κ2) is 13.1. The van der Waals surface area contributed by atoms with Gasteiger partial charge in [0.05, 0.1) is 11.9 Å². The van der Waals surface area contributed by atoms with E-state index in [1.807, 2.05) is 24.3 Å². The normalized spacial score (nSPS) is 17.2. The van der Waals surface area contributed by atoms with Crippen molar-refractivity contribution in [3.63, 3.8) is 0 Å². The molecule has 4 heterocycles. The number of amides is 2. The first-order valence-electron chi connectivity index (χ1n) is 13.6. The Balaban J connectivity index is 1.04. The van der Waals surface area contributed by atoms with Crippen LogP contribution in [0.4, 0.5) is 10.5 Å². The number of carbonyl (C=O) groups is 2. The monoisotopic (exact) mass is 549 g/mol. The Labute approximate surface area is 232 Å². The number of likely N-dealkylation sites (tertiary alicyclic amines) is 2. The predicted molar refractivity (Wildman–Crippen MR) is 150 cm³/mol. The third-order valence-electron chi connectivity index (χ3n) is 7.40.